The first kappa shape index (κ1) is 21.6. The van der Waals surface area contributed by atoms with Crippen LogP contribution in [0.2, 0.25) is 0 Å². The Kier molecular flexibility index (Phi) is 5.95. The second-order valence-electron chi connectivity index (χ2n) is 6.96. The highest BCUT2D eigenvalue weighted by Gasteiger charge is 2.34. The molecule has 1 aliphatic heterocycles. The Bertz CT molecular complexity index is 1170. The van der Waals surface area contributed by atoms with Crippen LogP contribution in [0.5, 0.6) is 11.8 Å². The third kappa shape index (κ3) is 4.49. The minimum atomic E-state index is -4.58. The highest BCUT2D eigenvalue weighted by molar-refractivity contribution is 5.46. The molecule has 0 saturated heterocycles. The molecule has 0 bridgehead atoms. The zero-order chi connectivity index (χ0) is 22.7. The zero-order valence-corrected chi connectivity index (χ0v) is 16.7. The lowest BCUT2D eigenvalue weighted by atomic mass is 10.1. The fourth-order valence-corrected chi connectivity index (χ4v) is 3.34. The second-order valence-corrected chi connectivity index (χ2v) is 6.96. The Hall–Kier alpha value is -3.67. The average Bonchev–Trinajstić information content (AvgIpc) is 2.77. The van der Waals surface area contributed by atoms with Gasteiger partial charge in [0.05, 0.1) is 37.2 Å². The monoisotopic (exact) mass is 448 g/mol. The molecule has 0 aliphatic carbocycles. The molecule has 0 saturated carbocycles. The van der Waals surface area contributed by atoms with Crippen LogP contribution in [0.25, 0.3) is 0 Å². The topological polar surface area (TPSA) is 105 Å². The molecule has 2 aromatic heterocycles. The minimum absolute atomic E-state index is 0.159. The van der Waals surface area contributed by atoms with Crippen molar-refractivity contribution in [3.05, 3.63) is 69.9 Å². The number of para-hydroxylation sites is 1. The molecule has 2 N–H and O–H groups in total. The summed E-state index contributed by atoms with van der Waals surface area (Å²) in [5.74, 6) is -0.389. The Morgan fingerprint density at radius 1 is 1.22 bits per heavy atom. The number of alkyl halides is 3. The highest BCUT2D eigenvalue weighted by atomic mass is 19.4. The molecule has 0 amide bonds. The van der Waals surface area contributed by atoms with Crippen molar-refractivity contribution >= 4 is 5.69 Å². The van der Waals surface area contributed by atoms with Crippen LogP contribution >= 0.6 is 0 Å². The van der Waals surface area contributed by atoms with Crippen LogP contribution in [-0.4, -0.2) is 44.7 Å². The molecule has 3 heterocycles. The maximum atomic E-state index is 13.2. The van der Waals surface area contributed by atoms with E-state index in [0.29, 0.717) is 24.3 Å². The molecule has 1 aromatic carbocycles. The molecule has 4 rings (SSSR count). The molecular weight excluding hydrogens is 429 g/mol. The van der Waals surface area contributed by atoms with Gasteiger partial charge in [-0.25, -0.2) is 4.98 Å². The molecule has 0 fully saturated rings. The number of rotatable bonds is 6. The van der Waals surface area contributed by atoms with Crippen molar-refractivity contribution in [2.45, 2.75) is 19.1 Å². The van der Waals surface area contributed by atoms with Gasteiger partial charge in [0.2, 0.25) is 0 Å². The number of nitrogens with zero attached hydrogens (tertiary/aromatic N) is 5. The van der Waals surface area contributed by atoms with Gasteiger partial charge < -0.3 is 20.2 Å². The molecule has 0 unspecified atom stereocenters. The van der Waals surface area contributed by atoms with Gasteiger partial charge in [0.25, 0.3) is 0 Å². The van der Waals surface area contributed by atoms with Gasteiger partial charge in [-0.3, -0.25) is 4.79 Å². The Morgan fingerprint density at radius 2 is 2.03 bits per heavy atom. The van der Waals surface area contributed by atoms with E-state index >= 15 is 0 Å². The molecule has 1 aliphatic rings. The molecule has 32 heavy (non-hydrogen) atoms. The number of ether oxygens (including phenoxy) is 1. The lowest BCUT2D eigenvalue weighted by molar-refractivity contribution is -0.138. The summed E-state index contributed by atoms with van der Waals surface area (Å²) in [6, 6.07) is 6.20. The van der Waals surface area contributed by atoms with Crippen molar-refractivity contribution in [2.75, 3.05) is 30.0 Å². The van der Waals surface area contributed by atoms with E-state index in [9.17, 15) is 18.0 Å². The lowest BCUT2D eigenvalue weighted by Crippen LogP contribution is -2.40. The Labute approximate surface area is 180 Å². The van der Waals surface area contributed by atoms with Gasteiger partial charge in [0, 0.05) is 12.7 Å². The first-order valence-corrected chi connectivity index (χ1v) is 9.73. The van der Waals surface area contributed by atoms with Gasteiger partial charge in [0.1, 0.15) is 11.4 Å². The third-order valence-electron chi connectivity index (χ3n) is 4.86. The molecule has 3 aromatic rings. The summed E-state index contributed by atoms with van der Waals surface area (Å²) in [4.78, 5) is 23.9. The standard InChI is InChI=1S/C20H19F3N6O3/c21-20(22,23)14-3-1-2-4-17(14)32-19-24-11-13-6-9-28(12-15(13)27-19)16-5-7-25-29(18(16)31)26-8-10-30/h1-5,7,11,26,30H,6,8-10,12H2. The summed E-state index contributed by atoms with van der Waals surface area (Å²) in [6.07, 6.45) is -1.05. The van der Waals surface area contributed by atoms with E-state index < -0.39 is 17.3 Å². The van der Waals surface area contributed by atoms with Crippen molar-refractivity contribution in [1.82, 2.24) is 19.9 Å². The smallest absolute Gasteiger partial charge is 0.419 e. The van der Waals surface area contributed by atoms with Crippen molar-refractivity contribution in [3.63, 3.8) is 0 Å². The molecule has 9 nitrogen and oxygen atoms in total. The van der Waals surface area contributed by atoms with Crippen LogP contribution in [0, 0.1) is 0 Å². The van der Waals surface area contributed by atoms with E-state index in [4.69, 9.17) is 9.84 Å². The van der Waals surface area contributed by atoms with Crippen molar-refractivity contribution < 1.29 is 23.0 Å². The number of nitrogens with one attached hydrogen (secondary N) is 1. The number of anilines is 1. The first-order valence-electron chi connectivity index (χ1n) is 9.73. The Morgan fingerprint density at radius 3 is 2.81 bits per heavy atom. The number of hydrogen-bond donors (Lipinski definition) is 2. The maximum absolute atomic E-state index is 13.2. The van der Waals surface area contributed by atoms with Crippen molar-refractivity contribution in [2.24, 2.45) is 0 Å². The van der Waals surface area contributed by atoms with E-state index in [1.807, 2.05) is 0 Å². The van der Waals surface area contributed by atoms with Crippen LogP contribution in [0.1, 0.15) is 16.8 Å². The number of aromatic nitrogens is 4. The van der Waals surface area contributed by atoms with E-state index in [-0.39, 0.29) is 31.5 Å². The second kappa shape index (κ2) is 8.83. The largest absolute Gasteiger partial charge is 0.424 e. The maximum Gasteiger partial charge on any atom is 0.419 e. The quantitative estimate of drug-likeness (QED) is 0.590. The van der Waals surface area contributed by atoms with Crippen LogP contribution < -0.4 is 20.6 Å². The lowest BCUT2D eigenvalue weighted by Gasteiger charge is -2.29. The predicted octanol–water partition coefficient (Wildman–Crippen LogP) is 1.94. The zero-order valence-electron chi connectivity index (χ0n) is 16.7. The van der Waals surface area contributed by atoms with E-state index in [1.54, 1.807) is 11.0 Å². The summed E-state index contributed by atoms with van der Waals surface area (Å²) >= 11 is 0. The number of halogens is 3. The SMILES string of the molecule is O=c1c(N2CCc3cnc(Oc4ccccc4C(F)(F)F)nc3C2)ccnn1NCCO. The summed E-state index contributed by atoms with van der Waals surface area (Å²) < 4.78 is 45.0. The summed E-state index contributed by atoms with van der Waals surface area (Å²) in [5.41, 5.74) is 3.13. The predicted molar refractivity (Wildman–Crippen MR) is 108 cm³/mol. The van der Waals surface area contributed by atoms with Crippen LogP contribution in [0.15, 0.2) is 47.5 Å². The van der Waals surface area contributed by atoms with E-state index in [0.717, 1.165) is 16.4 Å². The van der Waals surface area contributed by atoms with Crippen molar-refractivity contribution in [1.29, 1.82) is 0 Å². The van der Waals surface area contributed by atoms with Crippen molar-refractivity contribution in [3.8, 4) is 11.8 Å². The fourth-order valence-electron chi connectivity index (χ4n) is 3.34. The molecule has 12 heteroatoms. The third-order valence-corrected chi connectivity index (χ3v) is 4.86. The van der Waals surface area contributed by atoms with Gasteiger partial charge in [-0.2, -0.15) is 23.3 Å². The van der Waals surface area contributed by atoms with Gasteiger partial charge >= 0.3 is 17.7 Å². The number of benzene rings is 1. The molecule has 0 spiro atoms. The average molecular weight is 448 g/mol. The summed E-state index contributed by atoms with van der Waals surface area (Å²) in [6.45, 7) is 0.764. The fraction of sp³-hybridized carbons (Fsp3) is 0.300. The van der Waals surface area contributed by atoms with E-state index in [1.165, 1.54) is 30.6 Å². The van der Waals surface area contributed by atoms with Gasteiger partial charge in [-0.15, -0.1) is 4.79 Å². The summed E-state index contributed by atoms with van der Waals surface area (Å²) in [5, 5.41) is 12.9. The highest BCUT2D eigenvalue weighted by Crippen LogP contribution is 2.37. The van der Waals surface area contributed by atoms with Gasteiger partial charge in [-0.05, 0) is 30.2 Å². The number of hydrogen-bond acceptors (Lipinski definition) is 8. The van der Waals surface area contributed by atoms with Gasteiger partial charge in [-0.1, -0.05) is 12.1 Å². The molecule has 168 valence electrons. The van der Waals surface area contributed by atoms with Gasteiger partial charge in [0.15, 0.2) is 0 Å². The molecular formula is C20H19F3N6O3. The minimum Gasteiger partial charge on any atom is -0.424 e. The first-order chi connectivity index (χ1) is 15.4. The van der Waals surface area contributed by atoms with Crippen LogP contribution in [0.4, 0.5) is 18.9 Å². The number of aliphatic hydroxyl groups is 1. The van der Waals surface area contributed by atoms with Crippen LogP contribution in [0.3, 0.4) is 0 Å². The number of aliphatic hydroxyl groups excluding tert-OH is 1. The number of fused-ring (bicyclic) bond motifs is 1. The van der Waals surface area contributed by atoms with E-state index in [2.05, 4.69) is 20.5 Å². The summed E-state index contributed by atoms with van der Waals surface area (Å²) in [7, 11) is 0. The molecule has 0 radical (unpaired) electrons. The Balaban J connectivity index is 1.58. The van der Waals surface area contributed by atoms with Crippen LogP contribution in [-0.2, 0) is 19.1 Å². The molecule has 0 atom stereocenters. The normalized spacial score (nSPS) is 13.6.